The topological polar surface area (TPSA) is 44.5 Å². The van der Waals surface area contributed by atoms with E-state index in [0.717, 1.165) is 6.07 Å². The molecule has 0 bridgehead atoms. The van der Waals surface area contributed by atoms with E-state index in [-0.39, 0.29) is 22.6 Å². The van der Waals surface area contributed by atoms with Crippen molar-refractivity contribution >= 4 is 0 Å². The van der Waals surface area contributed by atoms with Gasteiger partial charge in [-0.05, 0) is 30.0 Å². The van der Waals surface area contributed by atoms with Gasteiger partial charge < -0.3 is 15.2 Å². The van der Waals surface area contributed by atoms with Crippen LogP contribution in [-0.4, -0.2) is 14.2 Å². The average molecular weight is 323 g/mol. The van der Waals surface area contributed by atoms with Crippen molar-refractivity contribution in [3.8, 4) is 22.6 Å². The predicted molar refractivity (Wildman–Crippen MR) is 80.1 cm³/mol. The lowest BCUT2D eigenvalue weighted by Gasteiger charge is -2.16. The van der Waals surface area contributed by atoms with Crippen molar-refractivity contribution in [3.05, 3.63) is 46.8 Å². The molecule has 0 heterocycles. The maximum Gasteiger partial charge on any atom is 0.176 e. The van der Waals surface area contributed by atoms with Gasteiger partial charge in [0.05, 0.1) is 19.8 Å². The Morgan fingerprint density at radius 1 is 1.04 bits per heavy atom. The van der Waals surface area contributed by atoms with Gasteiger partial charge in [-0.25, -0.2) is 13.2 Å². The van der Waals surface area contributed by atoms with Gasteiger partial charge in [-0.15, -0.1) is 0 Å². The summed E-state index contributed by atoms with van der Waals surface area (Å²) in [7, 11) is 2.56. The van der Waals surface area contributed by atoms with Crippen molar-refractivity contribution in [1.82, 2.24) is 0 Å². The minimum Gasteiger partial charge on any atom is -0.494 e. The zero-order valence-electron chi connectivity index (χ0n) is 12.8. The first-order valence-corrected chi connectivity index (χ1v) is 7.16. The van der Waals surface area contributed by atoms with E-state index in [9.17, 15) is 13.2 Å². The Kier molecular flexibility index (Phi) is 3.93. The van der Waals surface area contributed by atoms with Crippen molar-refractivity contribution in [2.45, 2.75) is 18.9 Å². The van der Waals surface area contributed by atoms with Gasteiger partial charge in [-0.1, -0.05) is 6.07 Å². The van der Waals surface area contributed by atoms with Gasteiger partial charge in [0, 0.05) is 17.7 Å². The fourth-order valence-electron chi connectivity index (χ4n) is 3.11. The Balaban J connectivity index is 2.32. The number of methoxy groups -OCH3 is 2. The Morgan fingerprint density at radius 3 is 2.22 bits per heavy atom. The molecule has 0 radical (unpaired) electrons. The highest BCUT2D eigenvalue weighted by Gasteiger charge is 2.30. The van der Waals surface area contributed by atoms with Crippen LogP contribution in [-0.2, 0) is 6.42 Å². The molecular formula is C17H16F3NO2. The summed E-state index contributed by atoms with van der Waals surface area (Å²) in [5.74, 6) is -2.43. The lowest BCUT2D eigenvalue weighted by Crippen LogP contribution is -2.08. The van der Waals surface area contributed by atoms with Crippen LogP contribution in [0.25, 0.3) is 11.1 Å². The molecule has 0 aliphatic heterocycles. The number of ether oxygens (including phenoxy) is 2. The fraction of sp³-hybridized carbons (Fsp3) is 0.294. The van der Waals surface area contributed by atoms with E-state index < -0.39 is 23.5 Å². The zero-order valence-corrected chi connectivity index (χ0v) is 12.8. The van der Waals surface area contributed by atoms with Gasteiger partial charge in [-0.3, -0.25) is 0 Å². The SMILES string of the molecule is COc1cc(OC)c(F)c(-c2ccc(F)c3c2CC[C@H]3N)c1F. The van der Waals surface area contributed by atoms with Crippen LogP contribution in [0.2, 0.25) is 0 Å². The van der Waals surface area contributed by atoms with E-state index in [4.69, 9.17) is 15.2 Å². The largest absolute Gasteiger partial charge is 0.494 e. The van der Waals surface area contributed by atoms with E-state index >= 15 is 0 Å². The van der Waals surface area contributed by atoms with E-state index in [1.54, 1.807) is 0 Å². The molecule has 122 valence electrons. The molecule has 3 nitrogen and oxygen atoms in total. The Hall–Kier alpha value is -2.21. The quantitative estimate of drug-likeness (QED) is 0.936. The maximum absolute atomic E-state index is 14.7. The molecule has 0 amide bonds. The first-order chi connectivity index (χ1) is 11.0. The second-order valence-electron chi connectivity index (χ2n) is 5.42. The molecule has 3 rings (SSSR count). The summed E-state index contributed by atoms with van der Waals surface area (Å²) in [5, 5.41) is 0. The predicted octanol–water partition coefficient (Wildman–Crippen LogP) is 3.73. The summed E-state index contributed by atoms with van der Waals surface area (Å²) in [4.78, 5) is 0. The fourth-order valence-corrected chi connectivity index (χ4v) is 3.11. The van der Waals surface area contributed by atoms with Gasteiger partial charge in [-0.2, -0.15) is 0 Å². The summed E-state index contributed by atoms with van der Waals surface area (Å²) in [6.07, 6.45) is 0.996. The van der Waals surface area contributed by atoms with E-state index in [2.05, 4.69) is 0 Å². The van der Waals surface area contributed by atoms with Crippen LogP contribution in [0.1, 0.15) is 23.6 Å². The van der Waals surface area contributed by atoms with Gasteiger partial charge in [0.2, 0.25) is 0 Å². The molecule has 1 aliphatic carbocycles. The van der Waals surface area contributed by atoms with Gasteiger partial charge in [0.15, 0.2) is 23.1 Å². The van der Waals surface area contributed by atoms with Crippen molar-refractivity contribution in [3.63, 3.8) is 0 Å². The summed E-state index contributed by atoms with van der Waals surface area (Å²) in [6.45, 7) is 0. The third kappa shape index (κ3) is 2.34. The number of fused-ring (bicyclic) bond motifs is 1. The number of hydrogen-bond donors (Lipinski definition) is 1. The van der Waals surface area contributed by atoms with Crippen LogP contribution in [0.4, 0.5) is 13.2 Å². The maximum atomic E-state index is 14.7. The highest BCUT2D eigenvalue weighted by atomic mass is 19.1. The Labute approximate surface area is 131 Å². The molecule has 0 saturated carbocycles. The highest BCUT2D eigenvalue weighted by Crippen LogP contribution is 2.43. The Morgan fingerprint density at radius 2 is 1.65 bits per heavy atom. The van der Waals surface area contributed by atoms with Crippen LogP contribution in [0.15, 0.2) is 18.2 Å². The molecule has 23 heavy (non-hydrogen) atoms. The molecule has 1 atom stereocenters. The molecule has 0 unspecified atom stereocenters. The lowest BCUT2D eigenvalue weighted by atomic mass is 9.94. The normalized spacial score (nSPS) is 16.3. The first-order valence-electron chi connectivity index (χ1n) is 7.16. The molecule has 1 aliphatic rings. The van der Waals surface area contributed by atoms with Crippen LogP contribution >= 0.6 is 0 Å². The summed E-state index contributed by atoms with van der Waals surface area (Å²) in [6, 6.07) is 3.23. The molecule has 2 aromatic rings. The van der Waals surface area contributed by atoms with Crippen LogP contribution < -0.4 is 15.2 Å². The second kappa shape index (κ2) is 5.77. The number of hydrogen-bond acceptors (Lipinski definition) is 3. The summed E-state index contributed by atoms with van der Waals surface area (Å²) < 4.78 is 53.2. The first kappa shape index (κ1) is 15.7. The number of halogens is 3. The minimum absolute atomic E-state index is 0.140. The smallest absolute Gasteiger partial charge is 0.176 e. The monoisotopic (exact) mass is 323 g/mol. The summed E-state index contributed by atoms with van der Waals surface area (Å²) in [5.41, 5.74) is 6.75. The van der Waals surface area contributed by atoms with Gasteiger partial charge >= 0.3 is 0 Å². The standard InChI is InChI=1S/C17H16F3NO2/c1-22-12-7-13(23-2)17(20)15(16(12)19)9-3-5-10(18)14-8(9)4-6-11(14)21/h3,5,7,11H,4,6,21H2,1-2H3/t11-/m1/s1. The molecule has 2 aromatic carbocycles. The third-order valence-electron chi connectivity index (χ3n) is 4.22. The van der Waals surface area contributed by atoms with Gasteiger partial charge in [0.1, 0.15) is 5.82 Å². The Bertz CT molecular complexity index is 749. The zero-order chi connectivity index (χ0) is 16.7. The third-order valence-corrected chi connectivity index (χ3v) is 4.22. The molecular weight excluding hydrogens is 307 g/mol. The lowest BCUT2D eigenvalue weighted by molar-refractivity contribution is 0.359. The van der Waals surface area contributed by atoms with Crippen molar-refractivity contribution in [2.75, 3.05) is 14.2 Å². The van der Waals surface area contributed by atoms with Crippen molar-refractivity contribution < 1.29 is 22.6 Å². The molecule has 0 fully saturated rings. The van der Waals surface area contributed by atoms with Gasteiger partial charge in [0.25, 0.3) is 0 Å². The van der Waals surface area contributed by atoms with E-state index in [0.29, 0.717) is 24.0 Å². The van der Waals surface area contributed by atoms with Crippen molar-refractivity contribution in [1.29, 1.82) is 0 Å². The summed E-state index contributed by atoms with van der Waals surface area (Å²) >= 11 is 0. The van der Waals surface area contributed by atoms with Crippen molar-refractivity contribution in [2.24, 2.45) is 5.73 Å². The molecule has 0 aromatic heterocycles. The van der Waals surface area contributed by atoms with Crippen LogP contribution in [0, 0.1) is 17.5 Å². The molecule has 6 heteroatoms. The number of benzene rings is 2. The second-order valence-corrected chi connectivity index (χ2v) is 5.42. The van der Waals surface area contributed by atoms with Crippen LogP contribution in [0.3, 0.4) is 0 Å². The van der Waals surface area contributed by atoms with Crippen LogP contribution in [0.5, 0.6) is 11.5 Å². The van der Waals surface area contributed by atoms with E-state index in [1.807, 2.05) is 0 Å². The molecule has 0 spiro atoms. The molecule has 2 N–H and O–H groups in total. The van der Waals surface area contributed by atoms with E-state index in [1.165, 1.54) is 26.4 Å². The molecule has 0 saturated heterocycles. The highest BCUT2D eigenvalue weighted by molar-refractivity contribution is 5.74. The number of rotatable bonds is 3. The number of nitrogens with two attached hydrogens (primary N) is 1. The average Bonchev–Trinajstić information content (AvgIpc) is 2.93. The minimum atomic E-state index is -0.847.